The summed E-state index contributed by atoms with van der Waals surface area (Å²) in [6, 6.07) is 35.2. The van der Waals surface area contributed by atoms with Crippen LogP contribution < -0.4 is 5.32 Å². The molecule has 8 aromatic heterocycles. The van der Waals surface area contributed by atoms with Crippen molar-refractivity contribution in [2.24, 2.45) is 0 Å². The van der Waals surface area contributed by atoms with Crippen LogP contribution in [0.2, 0.25) is 0 Å². The smallest absolute Gasteiger partial charge is 0.355 e. The number of nitrogens with one attached hydrogen (secondary N) is 1. The summed E-state index contributed by atoms with van der Waals surface area (Å²) in [5.41, 5.74) is 1.93. The number of pyridine rings is 4. The minimum Gasteiger partial charge on any atom is -0.355 e. The second-order valence-electron chi connectivity index (χ2n) is 31.0. The normalized spacial score (nSPS) is 15.3. The van der Waals surface area contributed by atoms with Crippen molar-refractivity contribution in [2.45, 2.75) is 113 Å². The maximum atomic E-state index is 13.4. The number of piperidine rings is 4. The third-order valence-electron chi connectivity index (χ3n) is 22.8. The van der Waals surface area contributed by atoms with Crippen molar-refractivity contribution in [1.82, 2.24) is 93.1 Å². The van der Waals surface area contributed by atoms with E-state index in [0.717, 1.165) is 24.3 Å². The molecule has 7 amide bonds. The Morgan fingerprint density at radius 2 is 0.611 bits per heavy atom. The molecule has 0 unspecified atom stereocenters. The summed E-state index contributed by atoms with van der Waals surface area (Å²) < 4.78 is 166. The molecule has 0 atom stereocenters. The average Bonchev–Trinajstić information content (AvgIpc) is 1.63. The molecule has 12 heterocycles. The van der Waals surface area contributed by atoms with Crippen LogP contribution in [0.1, 0.15) is 217 Å². The predicted octanol–water partition coefficient (Wildman–Crippen LogP) is 14.4. The van der Waals surface area contributed by atoms with E-state index in [1.807, 2.05) is 0 Å². The molecule has 27 nitrogen and oxygen atoms in total. The number of benzene rings is 4. The van der Waals surface area contributed by atoms with Crippen LogP contribution >= 0.6 is 0 Å². The van der Waals surface area contributed by atoms with Crippen molar-refractivity contribution < 1.29 is 91.0 Å². The van der Waals surface area contributed by atoms with Gasteiger partial charge in [-0.25, -0.2) is 0 Å². The van der Waals surface area contributed by atoms with Crippen LogP contribution in [0.15, 0.2) is 170 Å². The molecule has 4 aromatic carbocycles. The van der Waals surface area contributed by atoms with Gasteiger partial charge >= 0.3 is 24.7 Å². The number of carbonyl (C=O) groups excluding carboxylic acids is 8. The van der Waals surface area contributed by atoms with Crippen molar-refractivity contribution in [1.29, 1.82) is 0 Å². The second-order valence-corrected chi connectivity index (χ2v) is 31.0. The SMILES string of the molecule is CCC(=O)c1ccn2c(C(=O)N3CCC(c4ccccc4C(F)(F)F)CC3)nnc2c1.CN(C)C(=O)c1ccc2nnc(C(=O)N3CCC(c4ccccc4C(F)(F)F)CC3)n2c1.CN(C)C(=O)c1ccn2c(C(=O)N3CCC(c4ccccc4C(F)(F)F)CC3)nnc2c1.CNC(=O)c1ccc2nnc(C(=O)N3CCC(c4ccccc4C(F)(F)F)CC3)n2c1. The standard InChI is InChI=1S/2C22H22F3N5O2.C22H21F3N4O2.C21H20F3N5O2/c1-28(2)20(31)15-9-12-30-18(13-15)26-27-19(30)21(32)29-10-7-14(8-11-29)16-5-3-4-6-17(16)22(23,24)25;1-28(2)20(31)15-7-8-18-26-27-19(30(18)13-15)21(32)29-11-9-14(10-12-29)16-5-3-4-6-17(16)22(23,24)25;1-2-18(30)15-9-12-29-19(13-15)26-27-20(29)21(31)28-10-7-14(8-11-28)16-5-3-4-6-17(16)22(23,24)25;1-25-19(30)14-6-7-17-26-27-18(29(17)12-14)20(31)28-10-8-13(9-11-28)15-4-2-3-5-16(15)21(22,23)24/h3-6,9,12-14H,7-8,10-11H2,1-2H3;3-8,13-14H,9-12H2,1-2H3;3-6,9,12-14H,2,7-8,10-11H2,1H3;2-7,12-13H,8-11H2,1H3,(H,25,30). The molecule has 0 bridgehead atoms. The minimum absolute atomic E-state index is 0.0282. The lowest BCUT2D eigenvalue weighted by molar-refractivity contribution is -0.139. The average molecular weight is 1750 g/mol. The van der Waals surface area contributed by atoms with E-state index >= 15 is 0 Å². The first-order valence-electron chi connectivity index (χ1n) is 40.3. The summed E-state index contributed by atoms with van der Waals surface area (Å²) in [5.74, 6) is -2.88. The highest BCUT2D eigenvalue weighted by molar-refractivity contribution is 5.99. The molecule has 12 aromatic rings. The van der Waals surface area contributed by atoms with Crippen LogP contribution in [0.4, 0.5) is 52.7 Å². The zero-order chi connectivity index (χ0) is 90.4. The minimum atomic E-state index is -4.41. The van der Waals surface area contributed by atoms with Gasteiger partial charge in [0, 0.05) is 130 Å². The maximum Gasteiger partial charge on any atom is 0.416 e. The van der Waals surface area contributed by atoms with Crippen LogP contribution in [0.5, 0.6) is 0 Å². The van der Waals surface area contributed by atoms with Gasteiger partial charge in [0.15, 0.2) is 28.4 Å². The number of halogens is 12. The summed E-state index contributed by atoms with van der Waals surface area (Å²) >= 11 is 0. The fraction of sp³-hybridized carbons (Fsp3) is 0.356. The van der Waals surface area contributed by atoms with Crippen molar-refractivity contribution in [3.05, 3.63) is 260 Å². The Labute approximate surface area is 712 Å². The fourth-order valence-electron chi connectivity index (χ4n) is 16.2. The number of ketones is 1. The third kappa shape index (κ3) is 19.8. The van der Waals surface area contributed by atoms with Gasteiger partial charge in [-0.15, -0.1) is 40.8 Å². The lowest BCUT2D eigenvalue weighted by atomic mass is 9.86. The Morgan fingerprint density at radius 3 is 0.913 bits per heavy atom. The molecule has 4 aliphatic rings. The van der Waals surface area contributed by atoms with Crippen LogP contribution in [0.3, 0.4) is 0 Å². The molecular weight excluding hydrogens is 1670 g/mol. The molecular formula is C87H85F12N19O8. The number of hydrogen-bond acceptors (Lipinski definition) is 16. The van der Waals surface area contributed by atoms with Gasteiger partial charge < -0.3 is 34.7 Å². The van der Waals surface area contributed by atoms with E-state index in [0.29, 0.717) is 155 Å². The lowest BCUT2D eigenvalue weighted by Crippen LogP contribution is -2.39. The quantitative estimate of drug-likeness (QED) is 0.0829. The number of hydrogen-bond donors (Lipinski definition) is 1. The Balaban J connectivity index is 0.000000144. The van der Waals surface area contributed by atoms with E-state index in [1.165, 1.54) is 95.4 Å². The van der Waals surface area contributed by atoms with Gasteiger partial charge in [0.25, 0.3) is 41.4 Å². The zero-order valence-corrected chi connectivity index (χ0v) is 68.8. The first kappa shape index (κ1) is 90.2. The Bertz CT molecular complexity index is 6040. The number of amides is 7. The molecule has 39 heteroatoms. The monoisotopic (exact) mass is 1750 g/mol. The number of likely N-dealkylation sites (tertiary alicyclic amines) is 4. The molecule has 1 N–H and O–H groups in total. The van der Waals surface area contributed by atoms with E-state index in [1.54, 1.807) is 140 Å². The summed E-state index contributed by atoms with van der Waals surface area (Å²) in [6.07, 6.45) is -7.69. The maximum absolute atomic E-state index is 13.4. The molecule has 660 valence electrons. The lowest BCUT2D eigenvalue weighted by Gasteiger charge is -2.32. The zero-order valence-electron chi connectivity index (χ0n) is 68.8. The predicted molar refractivity (Wildman–Crippen MR) is 433 cm³/mol. The van der Waals surface area contributed by atoms with Crippen LogP contribution in [0, 0.1) is 0 Å². The van der Waals surface area contributed by atoms with Crippen LogP contribution in [-0.2, 0) is 24.7 Å². The first-order chi connectivity index (χ1) is 59.9. The van der Waals surface area contributed by atoms with Crippen molar-refractivity contribution in [3.8, 4) is 0 Å². The fourth-order valence-corrected chi connectivity index (χ4v) is 16.2. The molecule has 4 saturated heterocycles. The third-order valence-corrected chi connectivity index (χ3v) is 22.8. The number of alkyl halides is 12. The van der Waals surface area contributed by atoms with E-state index < -0.39 is 47.0 Å². The van der Waals surface area contributed by atoms with Gasteiger partial charge in [-0.3, -0.25) is 56.0 Å². The Morgan fingerprint density at radius 1 is 0.341 bits per heavy atom. The van der Waals surface area contributed by atoms with Crippen molar-refractivity contribution in [3.63, 3.8) is 0 Å². The highest BCUT2D eigenvalue weighted by Crippen LogP contribution is 2.44. The van der Waals surface area contributed by atoms with Crippen molar-refractivity contribution >= 4 is 69.7 Å². The Kier molecular flexibility index (Phi) is 26.9. The molecule has 16 rings (SSSR count). The van der Waals surface area contributed by atoms with E-state index in [9.17, 15) is 91.0 Å². The number of aromatic nitrogens is 12. The van der Waals surface area contributed by atoms with Gasteiger partial charge in [0.1, 0.15) is 0 Å². The Hall–Kier alpha value is -13.5. The van der Waals surface area contributed by atoms with Gasteiger partial charge in [0.05, 0.1) is 33.4 Å². The number of nitrogens with zero attached hydrogens (tertiary/aromatic N) is 18. The van der Waals surface area contributed by atoms with Gasteiger partial charge in [-0.05, 0) is 170 Å². The van der Waals surface area contributed by atoms with E-state index in [-0.39, 0.29) is 116 Å². The van der Waals surface area contributed by atoms with Crippen molar-refractivity contribution in [2.75, 3.05) is 87.6 Å². The first-order valence-corrected chi connectivity index (χ1v) is 40.3. The summed E-state index contributed by atoms with van der Waals surface area (Å²) in [5, 5.41) is 34.4. The summed E-state index contributed by atoms with van der Waals surface area (Å²) in [6.45, 7) is 4.29. The number of fused-ring (bicyclic) bond motifs is 4. The summed E-state index contributed by atoms with van der Waals surface area (Å²) in [4.78, 5) is 109. The second kappa shape index (κ2) is 37.5. The van der Waals surface area contributed by atoms with Gasteiger partial charge in [-0.1, -0.05) is 79.7 Å². The molecule has 0 aliphatic carbocycles. The molecule has 126 heavy (non-hydrogen) atoms. The largest absolute Gasteiger partial charge is 0.416 e. The van der Waals surface area contributed by atoms with Crippen LogP contribution in [0.25, 0.3) is 22.6 Å². The van der Waals surface area contributed by atoms with E-state index in [2.05, 4.69) is 46.1 Å². The van der Waals surface area contributed by atoms with E-state index in [4.69, 9.17) is 0 Å². The molecule has 0 radical (unpaired) electrons. The molecule has 4 aliphatic heterocycles. The molecule has 0 spiro atoms. The van der Waals surface area contributed by atoms with Gasteiger partial charge in [-0.2, -0.15) is 52.7 Å². The van der Waals surface area contributed by atoms with Crippen LogP contribution in [-0.4, -0.2) is 223 Å². The number of Topliss-reactive ketones (excluding diaryl/α,β-unsaturated/α-hetero) is 1. The highest BCUT2D eigenvalue weighted by atomic mass is 19.4. The molecule has 0 saturated carbocycles. The van der Waals surface area contributed by atoms with Gasteiger partial charge in [0.2, 0.25) is 23.3 Å². The number of carbonyl (C=O) groups is 8. The number of rotatable bonds is 13. The molecule has 4 fully saturated rings. The summed E-state index contributed by atoms with van der Waals surface area (Å²) in [7, 11) is 8.05. The topological polar surface area (TPSA) is 289 Å². The highest BCUT2D eigenvalue weighted by Gasteiger charge is 2.42.